The van der Waals surface area contributed by atoms with Gasteiger partial charge in [0.05, 0.1) is 5.04 Å². The first-order chi connectivity index (χ1) is 6.06. The molecule has 1 aromatic rings. The van der Waals surface area contributed by atoms with Crippen molar-refractivity contribution in [2.75, 3.05) is 12.4 Å². The Labute approximate surface area is 81.3 Å². The van der Waals surface area contributed by atoms with Crippen LogP contribution >= 0.6 is 12.6 Å². The van der Waals surface area contributed by atoms with Gasteiger partial charge in [-0.15, -0.1) is 12.6 Å². The molecule has 0 bridgehead atoms. The van der Waals surface area contributed by atoms with Gasteiger partial charge in [0.25, 0.3) is 5.56 Å². The third-order valence-corrected chi connectivity index (χ3v) is 1.66. The van der Waals surface area contributed by atoms with E-state index in [1.165, 1.54) is 0 Å². The van der Waals surface area contributed by atoms with Crippen molar-refractivity contribution in [1.29, 1.82) is 0 Å². The molecule has 0 aliphatic rings. The monoisotopic (exact) mass is 200 g/mol. The Morgan fingerprint density at radius 2 is 2.31 bits per heavy atom. The normalized spacial score (nSPS) is 11.8. The molecule has 0 atom stereocenters. The van der Waals surface area contributed by atoms with Crippen LogP contribution in [0.4, 0.5) is 11.5 Å². The molecule has 13 heavy (non-hydrogen) atoms. The standard InChI is InChI=1S/C7H12N4OS/c1-4(13)9-6-5(8-2)7(12)10-11(6)3/h8H,1-3H3,(H,9,13)(H,10,12). The fourth-order valence-corrected chi connectivity index (χ4v) is 1.13. The van der Waals surface area contributed by atoms with Crippen molar-refractivity contribution in [3.63, 3.8) is 0 Å². The SMILES string of the molecule is CNc1c(/N=C(/C)S)n(C)[nH]c1=O. The van der Waals surface area contributed by atoms with Gasteiger partial charge in [0.1, 0.15) is 5.69 Å². The van der Waals surface area contributed by atoms with E-state index in [4.69, 9.17) is 0 Å². The Morgan fingerprint density at radius 3 is 2.77 bits per heavy atom. The molecule has 1 rings (SSSR count). The average molecular weight is 200 g/mol. The smallest absolute Gasteiger partial charge is 0.289 e. The van der Waals surface area contributed by atoms with Gasteiger partial charge in [0.2, 0.25) is 0 Å². The van der Waals surface area contributed by atoms with E-state index in [-0.39, 0.29) is 5.56 Å². The summed E-state index contributed by atoms with van der Waals surface area (Å²) in [7, 11) is 3.40. The number of aromatic nitrogens is 2. The number of aromatic amines is 1. The molecule has 0 aliphatic carbocycles. The van der Waals surface area contributed by atoms with E-state index in [1.807, 2.05) is 0 Å². The predicted molar refractivity (Wildman–Crippen MR) is 57.3 cm³/mol. The fraction of sp³-hybridized carbons (Fsp3) is 0.429. The number of hydrogen-bond acceptors (Lipinski definition) is 3. The molecule has 0 spiro atoms. The van der Waals surface area contributed by atoms with Crippen LogP contribution in [-0.2, 0) is 7.05 Å². The maximum Gasteiger partial charge on any atom is 0.289 e. The lowest BCUT2D eigenvalue weighted by Gasteiger charge is -1.99. The zero-order valence-corrected chi connectivity index (χ0v) is 8.64. The Bertz CT molecular complexity index is 386. The molecule has 0 saturated carbocycles. The van der Waals surface area contributed by atoms with E-state index in [0.717, 1.165) is 0 Å². The highest BCUT2D eigenvalue weighted by Crippen LogP contribution is 2.19. The first kappa shape index (κ1) is 9.91. The Balaban J connectivity index is 3.34. The van der Waals surface area contributed by atoms with Crippen molar-refractivity contribution in [2.45, 2.75) is 6.92 Å². The first-order valence-electron chi connectivity index (χ1n) is 3.77. The van der Waals surface area contributed by atoms with Crippen molar-refractivity contribution in [3.05, 3.63) is 10.4 Å². The number of H-pyrrole nitrogens is 1. The Morgan fingerprint density at radius 1 is 1.69 bits per heavy atom. The number of thiol groups is 1. The molecule has 0 aliphatic heterocycles. The van der Waals surface area contributed by atoms with E-state index in [9.17, 15) is 4.79 Å². The third-order valence-electron chi connectivity index (χ3n) is 1.56. The molecule has 5 nitrogen and oxygen atoms in total. The van der Waals surface area contributed by atoms with Crippen LogP contribution in [0.3, 0.4) is 0 Å². The summed E-state index contributed by atoms with van der Waals surface area (Å²) >= 11 is 4.05. The fourth-order valence-electron chi connectivity index (χ4n) is 1.04. The quantitative estimate of drug-likeness (QED) is 0.374. The molecule has 2 N–H and O–H groups in total. The Hall–Kier alpha value is -1.17. The first-order valence-corrected chi connectivity index (χ1v) is 4.22. The minimum absolute atomic E-state index is 0.182. The summed E-state index contributed by atoms with van der Waals surface area (Å²) in [6, 6.07) is 0. The van der Waals surface area contributed by atoms with Crippen molar-refractivity contribution in [2.24, 2.45) is 12.0 Å². The van der Waals surface area contributed by atoms with Crippen molar-refractivity contribution in [1.82, 2.24) is 9.78 Å². The molecule has 0 radical (unpaired) electrons. The number of aliphatic imine (C=N–C) groups is 1. The van der Waals surface area contributed by atoms with Gasteiger partial charge in [-0.1, -0.05) is 0 Å². The molecular formula is C7H12N4OS. The van der Waals surface area contributed by atoms with Crippen LogP contribution in [0, 0.1) is 0 Å². The maximum absolute atomic E-state index is 11.2. The predicted octanol–water partition coefficient (Wildman–Crippen LogP) is 0.735. The molecular weight excluding hydrogens is 188 g/mol. The minimum atomic E-state index is -0.182. The third kappa shape index (κ3) is 1.95. The number of nitrogens with zero attached hydrogens (tertiary/aromatic N) is 2. The molecule has 6 heteroatoms. The van der Waals surface area contributed by atoms with Gasteiger partial charge in [0, 0.05) is 14.1 Å². The minimum Gasteiger partial charge on any atom is -0.381 e. The zero-order valence-electron chi connectivity index (χ0n) is 7.75. The number of aryl methyl sites for hydroxylation is 1. The highest BCUT2D eigenvalue weighted by Gasteiger charge is 2.09. The van der Waals surface area contributed by atoms with Crippen molar-refractivity contribution >= 4 is 29.2 Å². The van der Waals surface area contributed by atoms with Crippen molar-refractivity contribution in [3.8, 4) is 0 Å². The molecule has 72 valence electrons. The van der Waals surface area contributed by atoms with Crippen LogP contribution < -0.4 is 10.9 Å². The summed E-state index contributed by atoms with van der Waals surface area (Å²) in [5.41, 5.74) is 0.272. The number of nitrogens with one attached hydrogen (secondary N) is 2. The molecule has 0 amide bonds. The van der Waals surface area contributed by atoms with Gasteiger partial charge in [0.15, 0.2) is 5.82 Å². The number of rotatable bonds is 2. The van der Waals surface area contributed by atoms with Crippen LogP contribution in [0.25, 0.3) is 0 Å². The second kappa shape index (κ2) is 3.69. The summed E-state index contributed by atoms with van der Waals surface area (Å²) in [6.07, 6.45) is 0. The van der Waals surface area contributed by atoms with E-state index in [1.54, 1.807) is 25.7 Å². The van der Waals surface area contributed by atoms with Crippen LogP contribution in [0.5, 0.6) is 0 Å². The second-order valence-corrected chi connectivity index (χ2v) is 3.25. The van der Waals surface area contributed by atoms with E-state index in [0.29, 0.717) is 16.5 Å². The summed E-state index contributed by atoms with van der Waals surface area (Å²) in [6.45, 7) is 1.75. The van der Waals surface area contributed by atoms with Crippen LogP contribution in [-0.4, -0.2) is 21.9 Å². The van der Waals surface area contributed by atoms with Gasteiger partial charge in [-0.3, -0.25) is 14.6 Å². The zero-order chi connectivity index (χ0) is 10.0. The maximum atomic E-state index is 11.2. The highest BCUT2D eigenvalue weighted by atomic mass is 32.1. The van der Waals surface area contributed by atoms with Crippen LogP contribution in [0.15, 0.2) is 9.79 Å². The topological polar surface area (TPSA) is 62.2 Å². The number of hydrogen-bond donors (Lipinski definition) is 3. The van der Waals surface area contributed by atoms with Gasteiger partial charge in [-0.2, -0.15) is 0 Å². The van der Waals surface area contributed by atoms with Gasteiger partial charge >= 0.3 is 0 Å². The molecule has 0 saturated heterocycles. The van der Waals surface area contributed by atoms with Gasteiger partial charge in [-0.25, -0.2) is 4.99 Å². The van der Waals surface area contributed by atoms with Crippen LogP contribution in [0.2, 0.25) is 0 Å². The average Bonchev–Trinajstić information content (AvgIpc) is 2.26. The second-order valence-electron chi connectivity index (χ2n) is 2.61. The molecule has 0 fully saturated rings. The summed E-state index contributed by atoms with van der Waals surface area (Å²) in [5.74, 6) is 0.556. The summed E-state index contributed by atoms with van der Waals surface area (Å²) in [4.78, 5) is 15.3. The summed E-state index contributed by atoms with van der Waals surface area (Å²) in [5, 5.41) is 5.98. The lowest BCUT2D eigenvalue weighted by Crippen LogP contribution is -2.05. The van der Waals surface area contributed by atoms with Gasteiger partial charge in [-0.05, 0) is 6.92 Å². The lowest BCUT2D eigenvalue weighted by atomic mass is 10.5. The van der Waals surface area contributed by atoms with Crippen molar-refractivity contribution < 1.29 is 0 Å². The largest absolute Gasteiger partial charge is 0.381 e. The van der Waals surface area contributed by atoms with Gasteiger partial charge < -0.3 is 5.32 Å². The van der Waals surface area contributed by atoms with Crippen LogP contribution in [0.1, 0.15) is 6.92 Å². The summed E-state index contributed by atoms with van der Waals surface area (Å²) < 4.78 is 1.55. The molecule has 1 heterocycles. The molecule has 0 aromatic carbocycles. The highest BCUT2D eigenvalue weighted by molar-refractivity contribution is 7.96. The molecule has 1 aromatic heterocycles. The van der Waals surface area contributed by atoms with E-state index < -0.39 is 0 Å². The van der Waals surface area contributed by atoms with E-state index >= 15 is 0 Å². The number of anilines is 1. The Kier molecular flexibility index (Phi) is 2.82. The van der Waals surface area contributed by atoms with E-state index in [2.05, 4.69) is 28.0 Å². The molecule has 0 unspecified atom stereocenters. The lowest BCUT2D eigenvalue weighted by molar-refractivity contribution is 0.759.